The normalized spacial score (nSPS) is 17.3. The lowest BCUT2D eigenvalue weighted by atomic mass is 10.2. The van der Waals surface area contributed by atoms with E-state index in [0.29, 0.717) is 37.3 Å². The van der Waals surface area contributed by atoms with E-state index in [1.54, 1.807) is 31.4 Å². The van der Waals surface area contributed by atoms with Gasteiger partial charge in [-0.25, -0.2) is 4.99 Å². The van der Waals surface area contributed by atoms with Crippen LogP contribution in [0.4, 0.5) is 5.69 Å². The molecule has 2 aromatic rings. The molecular weight excluding hydrogens is 558 g/mol. The molecule has 1 fully saturated rings. The first-order chi connectivity index (χ1) is 14.3. The number of nitrogens with zero attached hydrogens (tertiary/aromatic N) is 1. The van der Waals surface area contributed by atoms with Gasteiger partial charge in [-0.2, -0.15) is 0 Å². The first-order valence-corrected chi connectivity index (χ1v) is 11.7. The smallest absolute Gasteiger partial charge is 0.264 e. The molecule has 1 aliphatic rings. The summed E-state index contributed by atoms with van der Waals surface area (Å²) in [5, 5.41) is 3.94. The van der Waals surface area contributed by atoms with E-state index in [2.05, 4.69) is 39.8 Å². The summed E-state index contributed by atoms with van der Waals surface area (Å²) >= 11 is 15.7. The zero-order valence-corrected chi connectivity index (χ0v) is 20.9. The van der Waals surface area contributed by atoms with Crippen LogP contribution in [0.5, 0.6) is 11.5 Å². The van der Waals surface area contributed by atoms with Gasteiger partial charge >= 0.3 is 0 Å². The molecule has 0 radical (unpaired) electrons. The molecular formula is C21H19Cl2IN2O3S. The Labute approximate surface area is 203 Å². The molecule has 1 aliphatic heterocycles. The fourth-order valence-corrected chi connectivity index (χ4v) is 4.47. The number of methoxy groups -OCH3 is 1. The van der Waals surface area contributed by atoms with Crippen molar-refractivity contribution in [3.8, 4) is 11.5 Å². The largest absolute Gasteiger partial charge is 0.493 e. The third kappa shape index (κ3) is 5.43. The van der Waals surface area contributed by atoms with Crippen molar-refractivity contribution in [2.75, 3.05) is 7.11 Å². The monoisotopic (exact) mass is 576 g/mol. The maximum Gasteiger partial charge on any atom is 0.264 e. The van der Waals surface area contributed by atoms with Crippen LogP contribution in [-0.4, -0.2) is 24.3 Å². The number of carbonyl (C=O) groups excluding carboxylic acids is 1. The van der Waals surface area contributed by atoms with Crippen molar-refractivity contribution >= 4 is 80.4 Å². The van der Waals surface area contributed by atoms with Gasteiger partial charge in [0.25, 0.3) is 5.91 Å². The van der Waals surface area contributed by atoms with Crippen LogP contribution in [0.1, 0.15) is 25.8 Å². The van der Waals surface area contributed by atoms with Crippen molar-refractivity contribution in [2.45, 2.75) is 26.4 Å². The number of hydrogen-bond donors (Lipinski definition) is 1. The van der Waals surface area contributed by atoms with Crippen molar-refractivity contribution in [3.63, 3.8) is 0 Å². The Morgan fingerprint density at radius 2 is 2.10 bits per heavy atom. The molecule has 0 bridgehead atoms. The van der Waals surface area contributed by atoms with E-state index < -0.39 is 0 Å². The molecule has 0 unspecified atom stereocenters. The lowest BCUT2D eigenvalue weighted by molar-refractivity contribution is -0.115. The first-order valence-electron chi connectivity index (χ1n) is 9.10. The van der Waals surface area contributed by atoms with Crippen molar-refractivity contribution in [1.82, 2.24) is 5.32 Å². The van der Waals surface area contributed by atoms with Crippen molar-refractivity contribution in [3.05, 3.63) is 54.4 Å². The summed E-state index contributed by atoms with van der Waals surface area (Å²) in [6.45, 7) is 4.08. The molecule has 5 nitrogen and oxygen atoms in total. The Balaban J connectivity index is 1.88. The molecule has 0 spiro atoms. The van der Waals surface area contributed by atoms with Crippen molar-refractivity contribution in [2.24, 2.45) is 4.99 Å². The van der Waals surface area contributed by atoms with Crippen LogP contribution >= 0.6 is 57.6 Å². The second kappa shape index (κ2) is 10.3. The molecule has 1 amide bonds. The molecule has 0 aromatic heterocycles. The highest BCUT2D eigenvalue weighted by atomic mass is 127. The van der Waals surface area contributed by atoms with E-state index in [9.17, 15) is 4.79 Å². The highest BCUT2D eigenvalue weighted by Crippen LogP contribution is 2.38. The SMILES string of the molecule is CC[C@@H](C)Oc1c(I)cc(/C=C2/SC(=Nc3cccc(Cl)c3Cl)NC2=O)cc1OC. The number of thioether (sulfide) groups is 1. The van der Waals surface area contributed by atoms with Gasteiger partial charge in [0.1, 0.15) is 0 Å². The topological polar surface area (TPSA) is 59.9 Å². The highest BCUT2D eigenvalue weighted by molar-refractivity contribution is 14.1. The molecule has 30 heavy (non-hydrogen) atoms. The van der Waals surface area contributed by atoms with Crippen LogP contribution in [0.2, 0.25) is 10.0 Å². The zero-order valence-electron chi connectivity index (χ0n) is 16.5. The molecule has 9 heteroatoms. The zero-order chi connectivity index (χ0) is 21.8. The molecule has 1 saturated heterocycles. The Morgan fingerprint density at radius 1 is 1.33 bits per heavy atom. The number of ether oxygens (including phenoxy) is 2. The molecule has 0 aliphatic carbocycles. The standard InChI is InChI=1S/C21H19Cl2IN2O3S/c1-4-11(2)29-19-14(24)8-12(9-16(19)28-3)10-17-20(27)26-21(30-17)25-15-7-5-6-13(22)18(15)23/h5-11H,4H2,1-3H3,(H,25,26,27)/b17-10+/t11-/m1/s1. The van der Waals surface area contributed by atoms with Crippen LogP contribution in [-0.2, 0) is 4.79 Å². The molecule has 1 heterocycles. The average Bonchev–Trinajstić information content (AvgIpc) is 3.05. The maximum atomic E-state index is 12.4. The van der Waals surface area contributed by atoms with Gasteiger partial charge in [-0.1, -0.05) is 36.2 Å². The summed E-state index contributed by atoms with van der Waals surface area (Å²) in [5.74, 6) is 1.10. The van der Waals surface area contributed by atoms with Gasteiger partial charge in [0.05, 0.1) is 37.4 Å². The van der Waals surface area contributed by atoms with E-state index >= 15 is 0 Å². The second-order valence-electron chi connectivity index (χ2n) is 6.43. The second-order valence-corrected chi connectivity index (χ2v) is 9.40. The van der Waals surface area contributed by atoms with Crippen molar-refractivity contribution < 1.29 is 14.3 Å². The number of halogens is 3. The summed E-state index contributed by atoms with van der Waals surface area (Å²) in [6, 6.07) is 8.97. The summed E-state index contributed by atoms with van der Waals surface area (Å²) < 4.78 is 12.4. The fraction of sp³-hybridized carbons (Fsp3) is 0.238. The Bertz CT molecular complexity index is 1040. The predicted molar refractivity (Wildman–Crippen MR) is 133 cm³/mol. The quantitative estimate of drug-likeness (QED) is 0.308. The molecule has 1 N–H and O–H groups in total. The van der Waals surface area contributed by atoms with E-state index in [1.165, 1.54) is 11.8 Å². The predicted octanol–water partition coefficient (Wildman–Crippen LogP) is 6.68. The van der Waals surface area contributed by atoms with Gasteiger partial charge in [0, 0.05) is 0 Å². The lowest BCUT2D eigenvalue weighted by Crippen LogP contribution is -2.19. The van der Waals surface area contributed by atoms with Crippen LogP contribution < -0.4 is 14.8 Å². The van der Waals surface area contributed by atoms with Gasteiger partial charge in [0.2, 0.25) is 0 Å². The Hall–Kier alpha value is -1.42. The number of aliphatic imine (C=N–C) groups is 1. The number of nitrogens with one attached hydrogen (secondary N) is 1. The van der Waals surface area contributed by atoms with E-state index in [4.69, 9.17) is 32.7 Å². The molecule has 1 atom stereocenters. The van der Waals surface area contributed by atoms with Crippen LogP contribution in [0.25, 0.3) is 6.08 Å². The number of rotatable bonds is 6. The lowest BCUT2D eigenvalue weighted by Gasteiger charge is -2.17. The minimum Gasteiger partial charge on any atom is -0.493 e. The molecule has 158 valence electrons. The summed E-state index contributed by atoms with van der Waals surface area (Å²) in [5.41, 5.74) is 1.32. The number of amidine groups is 1. The summed E-state index contributed by atoms with van der Waals surface area (Å²) in [6.07, 6.45) is 2.75. The van der Waals surface area contributed by atoms with Crippen LogP contribution in [0.3, 0.4) is 0 Å². The highest BCUT2D eigenvalue weighted by Gasteiger charge is 2.25. The third-order valence-electron chi connectivity index (χ3n) is 4.25. The summed E-state index contributed by atoms with van der Waals surface area (Å²) in [7, 11) is 1.60. The van der Waals surface area contributed by atoms with Gasteiger partial charge in [0.15, 0.2) is 16.7 Å². The van der Waals surface area contributed by atoms with Gasteiger partial charge < -0.3 is 14.8 Å². The maximum absolute atomic E-state index is 12.4. The van der Waals surface area contributed by atoms with Gasteiger partial charge in [-0.3, -0.25) is 4.79 Å². The van der Waals surface area contributed by atoms with Crippen molar-refractivity contribution in [1.29, 1.82) is 0 Å². The number of hydrogen-bond acceptors (Lipinski definition) is 5. The van der Waals surface area contributed by atoms with E-state index in [0.717, 1.165) is 15.6 Å². The number of carbonyl (C=O) groups is 1. The molecule has 3 rings (SSSR count). The van der Waals surface area contributed by atoms with Gasteiger partial charge in [-0.05, 0) is 83.6 Å². The van der Waals surface area contributed by atoms with E-state index in [-0.39, 0.29) is 12.0 Å². The first kappa shape index (κ1) is 23.2. The van der Waals surface area contributed by atoms with E-state index in [1.807, 2.05) is 19.1 Å². The van der Waals surface area contributed by atoms with Crippen LogP contribution in [0.15, 0.2) is 40.2 Å². The van der Waals surface area contributed by atoms with Gasteiger partial charge in [-0.15, -0.1) is 0 Å². The number of amides is 1. The Morgan fingerprint density at radius 3 is 2.80 bits per heavy atom. The third-order valence-corrected chi connectivity index (χ3v) is 6.77. The summed E-state index contributed by atoms with van der Waals surface area (Å²) in [4.78, 5) is 17.4. The fourth-order valence-electron chi connectivity index (χ4n) is 2.54. The molecule has 2 aromatic carbocycles. The molecule has 0 saturated carbocycles. The average molecular weight is 577 g/mol. The number of benzene rings is 2. The van der Waals surface area contributed by atoms with Crippen LogP contribution in [0, 0.1) is 3.57 Å². The minimum absolute atomic E-state index is 0.0740. The Kier molecular flexibility index (Phi) is 7.95. The minimum atomic E-state index is -0.231.